The fourth-order valence-electron chi connectivity index (χ4n) is 4.48. The van der Waals surface area contributed by atoms with E-state index in [0.717, 1.165) is 39.4 Å². The monoisotopic (exact) mass is 469 g/mol. The van der Waals surface area contributed by atoms with Crippen LogP contribution < -0.4 is 0 Å². The highest BCUT2D eigenvalue weighted by Gasteiger charge is 2.23. The Morgan fingerprint density at radius 1 is 1.25 bits per heavy atom. The van der Waals surface area contributed by atoms with Gasteiger partial charge in [-0.15, -0.1) is 0 Å². The maximum atomic E-state index is 15.3. The molecular weight excluding hydrogens is 449 g/mol. The van der Waals surface area contributed by atoms with Gasteiger partial charge in [-0.3, -0.25) is 4.68 Å². The molecule has 0 unspecified atom stereocenters. The molecule has 1 N–H and O–H groups in total. The summed E-state index contributed by atoms with van der Waals surface area (Å²) in [5.74, 6) is -1.46. The molecule has 0 amide bonds. The summed E-state index contributed by atoms with van der Waals surface area (Å²) in [6, 6.07) is 10.5. The highest BCUT2D eigenvalue weighted by atomic mass is 35.5. The van der Waals surface area contributed by atoms with Crippen LogP contribution in [0, 0.1) is 12.7 Å². The van der Waals surface area contributed by atoms with Crippen LogP contribution in [0.15, 0.2) is 58.6 Å². The van der Waals surface area contributed by atoms with Crippen molar-refractivity contribution < 1.29 is 14.3 Å². The van der Waals surface area contributed by atoms with Gasteiger partial charge in [-0.1, -0.05) is 42.3 Å². The van der Waals surface area contributed by atoms with E-state index in [1.807, 2.05) is 34.5 Å². The molecule has 164 valence electrons. The minimum Gasteiger partial charge on any atom is -0.478 e. The molecule has 0 spiro atoms. The van der Waals surface area contributed by atoms with Crippen LogP contribution in [0.4, 0.5) is 4.39 Å². The molecule has 1 fully saturated rings. The topological polar surface area (TPSA) is 60.0 Å². The van der Waals surface area contributed by atoms with E-state index in [0.29, 0.717) is 11.6 Å². The molecule has 0 bridgehead atoms. The number of carboxylic acid groups (broad SMARTS) is 1. The van der Waals surface area contributed by atoms with Gasteiger partial charge in [0.05, 0.1) is 34.0 Å². The van der Waals surface area contributed by atoms with Crippen molar-refractivity contribution in [2.45, 2.75) is 48.4 Å². The first kappa shape index (κ1) is 21.1. The Morgan fingerprint density at radius 2 is 2.03 bits per heavy atom. The Bertz CT molecular complexity index is 1340. The molecular formula is C24H21ClFN3O2S. The van der Waals surface area contributed by atoms with Gasteiger partial charge in [0.1, 0.15) is 0 Å². The minimum atomic E-state index is -0.983. The number of halogens is 2. The predicted octanol–water partition coefficient (Wildman–Crippen LogP) is 6.89. The van der Waals surface area contributed by atoms with E-state index in [9.17, 15) is 9.90 Å². The van der Waals surface area contributed by atoms with Gasteiger partial charge in [-0.2, -0.15) is 5.10 Å². The summed E-state index contributed by atoms with van der Waals surface area (Å²) in [6.07, 6.45) is 8.35. The fourth-order valence-corrected chi connectivity index (χ4v) is 5.71. The number of benzene rings is 2. The lowest BCUT2D eigenvalue weighted by Crippen LogP contribution is -2.04. The highest BCUT2D eigenvalue weighted by molar-refractivity contribution is 7.99. The summed E-state index contributed by atoms with van der Waals surface area (Å²) >= 11 is 7.57. The van der Waals surface area contributed by atoms with Crippen molar-refractivity contribution in [2.75, 3.05) is 0 Å². The van der Waals surface area contributed by atoms with E-state index < -0.39 is 11.8 Å². The summed E-state index contributed by atoms with van der Waals surface area (Å²) in [6.45, 7) is 1.93. The fraction of sp³-hybridized carbons (Fsp3) is 0.250. The standard InChI is InChI=1S/C24H21ClFN3O2S/c1-14-23(32-18-8-4-5-15(11-18)24(30)31)19-9-10-20(25)21(26)22(19)29(14)17-12-27-28(13-17)16-6-2-3-7-16/h4-5,8-13,16H,2-3,6-7H2,1H3,(H,30,31). The number of aromatic nitrogens is 3. The van der Waals surface area contributed by atoms with Crippen LogP contribution in [0.5, 0.6) is 0 Å². The Hall–Kier alpha value is -2.77. The third-order valence-corrected chi connectivity index (χ3v) is 7.55. The molecule has 1 aliphatic rings. The smallest absolute Gasteiger partial charge is 0.335 e. The van der Waals surface area contributed by atoms with Crippen LogP contribution in [-0.4, -0.2) is 25.4 Å². The zero-order valence-electron chi connectivity index (χ0n) is 17.4. The van der Waals surface area contributed by atoms with Crippen molar-refractivity contribution in [1.29, 1.82) is 0 Å². The van der Waals surface area contributed by atoms with Crippen molar-refractivity contribution in [1.82, 2.24) is 14.3 Å². The molecule has 1 saturated carbocycles. The normalized spacial score (nSPS) is 14.5. The summed E-state index contributed by atoms with van der Waals surface area (Å²) in [4.78, 5) is 13.0. The second-order valence-corrected chi connectivity index (χ2v) is 9.55. The minimum absolute atomic E-state index is 0.0591. The molecule has 0 saturated heterocycles. The Kier molecular flexibility index (Phi) is 5.47. The number of hydrogen-bond donors (Lipinski definition) is 1. The summed E-state index contributed by atoms with van der Waals surface area (Å²) in [5, 5.41) is 14.7. The van der Waals surface area contributed by atoms with Crippen molar-refractivity contribution in [2.24, 2.45) is 0 Å². The van der Waals surface area contributed by atoms with E-state index in [4.69, 9.17) is 11.6 Å². The molecule has 2 heterocycles. The van der Waals surface area contributed by atoms with Crippen LogP contribution in [-0.2, 0) is 0 Å². The third-order valence-electron chi connectivity index (χ3n) is 6.05. The average molecular weight is 470 g/mol. The number of carboxylic acids is 1. The van der Waals surface area contributed by atoms with E-state index in [1.165, 1.54) is 24.6 Å². The highest BCUT2D eigenvalue weighted by Crippen LogP contribution is 2.42. The number of nitrogens with zero attached hydrogens (tertiary/aromatic N) is 3. The van der Waals surface area contributed by atoms with Crippen LogP contribution in [0.1, 0.15) is 47.8 Å². The van der Waals surface area contributed by atoms with E-state index in [-0.39, 0.29) is 10.6 Å². The molecule has 0 aliphatic heterocycles. The Balaban J connectivity index is 1.65. The zero-order chi connectivity index (χ0) is 22.4. The maximum Gasteiger partial charge on any atom is 0.335 e. The van der Waals surface area contributed by atoms with Gasteiger partial charge < -0.3 is 9.67 Å². The van der Waals surface area contributed by atoms with Gasteiger partial charge in [-0.25, -0.2) is 9.18 Å². The van der Waals surface area contributed by atoms with Crippen LogP contribution in [0.25, 0.3) is 16.6 Å². The van der Waals surface area contributed by atoms with Crippen molar-refractivity contribution in [3.63, 3.8) is 0 Å². The summed E-state index contributed by atoms with van der Waals surface area (Å²) < 4.78 is 19.1. The van der Waals surface area contributed by atoms with Crippen LogP contribution >= 0.6 is 23.4 Å². The first-order valence-corrected chi connectivity index (χ1v) is 11.7. The molecule has 0 radical (unpaired) electrons. The Labute approximate surface area is 193 Å². The van der Waals surface area contributed by atoms with E-state index in [2.05, 4.69) is 5.10 Å². The SMILES string of the molecule is Cc1c(Sc2cccc(C(=O)O)c2)c2ccc(Cl)c(F)c2n1-c1cnn(C2CCCC2)c1. The molecule has 8 heteroatoms. The summed E-state index contributed by atoms with van der Waals surface area (Å²) in [7, 11) is 0. The molecule has 5 nitrogen and oxygen atoms in total. The maximum absolute atomic E-state index is 15.3. The third kappa shape index (κ3) is 3.59. The van der Waals surface area contributed by atoms with Gasteiger partial charge in [0.2, 0.25) is 0 Å². The first-order chi connectivity index (χ1) is 15.4. The van der Waals surface area contributed by atoms with Gasteiger partial charge in [0.25, 0.3) is 0 Å². The largest absolute Gasteiger partial charge is 0.478 e. The number of carbonyl (C=O) groups is 1. The number of hydrogen-bond acceptors (Lipinski definition) is 3. The number of rotatable bonds is 5. The average Bonchev–Trinajstić information content (AvgIpc) is 3.52. The van der Waals surface area contributed by atoms with Gasteiger partial charge >= 0.3 is 5.97 Å². The van der Waals surface area contributed by atoms with Gasteiger partial charge in [-0.05, 0) is 50.1 Å². The van der Waals surface area contributed by atoms with Crippen LogP contribution in [0.3, 0.4) is 0 Å². The second-order valence-electron chi connectivity index (χ2n) is 8.06. The van der Waals surface area contributed by atoms with E-state index in [1.54, 1.807) is 30.5 Å². The lowest BCUT2D eigenvalue weighted by atomic mass is 10.2. The first-order valence-electron chi connectivity index (χ1n) is 10.5. The molecule has 1 aliphatic carbocycles. The van der Waals surface area contributed by atoms with Crippen molar-refractivity contribution in [3.05, 3.63) is 70.9 Å². The lowest BCUT2D eigenvalue weighted by molar-refractivity contribution is 0.0696. The molecule has 2 aromatic heterocycles. The number of aromatic carboxylic acids is 1. The molecule has 4 aromatic rings. The summed E-state index contributed by atoms with van der Waals surface area (Å²) in [5.41, 5.74) is 2.24. The van der Waals surface area contributed by atoms with E-state index >= 15 is 4.39 Å². The van der Waals surface area contributed by atoms with Crippen LogP contribution in [0.2, 0.25) is 5.02 Å². The molecule has 32 heavy (non-hydrogen) atoms. The lowest BCUT2D eigenvalue weighted by Gasteiger charge is -2.10. The quantitative estimate of drug-likeness (QED) is 0.345. The van der Waals surface area contributed by atoms with Gasteiger partial charge in [0.15, 0.2) is 5.82 Å². The van der Waals surface area contributed by atoms with Crippen molar-refractivity contribution in [3.8, 4) is 5.69 Å². The zero-order valence-corrected chi connectivity index (χ0v) is 19.0. The molecule has 2 aromatic carbocycles. The number of fused-ring (bicyclic) bond motifs is 1. The predicted molar refractivity (Wildman–Crippen MR) is 124 cm³/mol. The van der Waals surface area contributed by atoms with Crippen molar-refractivity contribution >= 4 is 40.2 Å². The molecule has 5 rings (SSSR count). The molecule has 0 atom stereocenters. The Morgan fingerprint density at radius 3 is 2.78 bits per heavy atom. The van der Waals surface area contributed by atoms with Gasteiger partial charge in [0, 0.05) is 27.1 Å². The second kappa shape index (κ2) is 8.30.